The zero-order valence-corrected chi connectivity index (χ0v) is 12.4. The SMILES string of the molecule is CC1CCCC(C(=O)Cc2ccsc2)(N(C)C)C1. The summed E-state index contributed by atoms with van der Waals surface area (Å²) in [6.45, 7) is 2.27. The number of hydrogen-bond acceptors (Lipinski definition) is 3. The molecule has 0 bridgehead atoms. The fraction of sp³-hybridized carbons (Fsp3) is 0.667. The van der Waals surface area contributed by atoms with Gasteiger partial charge in [0.1, 0.15) is 0 Å². The van der Waals surface area contributed by atoms with Crippen molar-refractivity contribution in [1.82, 2.24) is 4.90 Å². The highest BCUT2D eigenvalue weighted by molar-refractivity contribution is 7.08. The van der Waals surface area contributed by atoms with Gasteiger partial charge in [-0.3, -0.25) is 9.69 Å². The fourth-order valence-electron chi connectivity index (χ4n) is 3.18. The molecule has 2 nitrogen and oxygen atoms in total. The molecule has 1 aliphatic carbocycles. The molecule has 1 aliphatic rings. The third kappa shape index (κ3) is 2.67. The van der Waals surface area contributed by atoms with Crippen LogP contribution in [0, 0.1) is 5.92 Å². The molecule has 18 heavy (non-hydrogen) atoms. The standard InChI is InChI=1S/C15H23NOS/c1-12-5-4-7-15(10-12,16(2)3)14(17)9-13-6-8-18-11-13/h6,8,11-12H,4-5,7,9-10H2,1-3H3. The Labute approximate surface area is 114 Å². The van der Waals surface area contributed by atoms with Crippen molar-refractivity contribution in [2.24, 2.45) is 5.92 Å². The number of Topliss-reactive ketones (excluding diaryl/α,β-unsaturated/α-hetero) is 1. The van der Waals surface area contributed by atoms with E-state index in [9.17, 15) is 4.79 Å². The molecule has 0 aromatic carbocycles. The molecule has 2 atom stereocenters. The summed E-state index contributed by atoms with van der Waals surface area (Å²) in [4.78, 5) is 14.9. The van der Waals surface area contributed by atoms with Crippen LogP contribution >= 0.6 is 11.3 Å². The Morgan fingerprint density at radius 2 is 2.33 bits per heavy atom. The van der Waals surface area contributed by atoms with Crippen molar-refractivity contribution in [2.45, 2.75) is 44.6 Å². The summed E-state index contributed by atoms with van der Waals surface area (Å²) in [5.41, 5.74) is 0.948. The van der Waals surface area contributed by atoms with Crippen LogP contribution in [0.5, 0.6) is 0 Å². The number of nitrogens with zero attached hydrogens (tertiary/aromatic N) is 1. The highest BCUT2D eigenvalue weighted by atomic mass is 32.1. The lowest BCUT2D eigenvalue weighted by Gasteiger charge is -2.44. The minimum absolute atomic E-state index is 0.223. The van der Waals surface area contributed by atoms with Crippen molar-refractivity contribution in [3.8, 4) is 0 Å². The smallest absolute Gasteiger partial charge is 0.157 e. The first-order valence-electron chi connectivity index (χ1n) is 6.76. The van der Waals surface area contributed by atoms with E-state index in [2.05, 4.69) is 42.7 Å². The van der Waals surface area contributed by atoms with Crippen molar-refractivity contribution in [3.05, 3.63) is 22.4 Å². The minimum atomic E-state index is -0.223. The van der Waals surface area contributed by atoms with Gasteiger partial charge in [-0.25, -0.2) is 0 Å². The van der Waals surface area contributed by atoms with E-state index < -0.39 is 0 Å². The van der Waals surface area contributed by atoms with E-state index >= 15 is 0 Å². The van der Waals surface area contributed by atoms with Gasteiger partial charge < -0.3 is 0 Å². The molecule has 2 rings (SSSR count). The molecule has 0 N–H and O–H groups in total. The molecule has 0 spiro atoms. The zero-order chi connectivity index (χ0) is 13.2. The molecule has 3 heteroatoms. The highest BCUT2D eigenvalue weighted by Gasteiger charge is 2.42. The number of ketones is 1. The normalized spacial score (nSPS) is 28.6. The second kappa shape index (κ2) is 5.54. The molecule has 0 amide bonds. The van der Waals surface area contributed by atoms with Crippen molar-refractivity contribution in [1.29, 1.82) is 0 Å². The maximum absolute atomic E-state index is 12.7. The van der Waals surface area contributed by atoms with E-state index in [1.165, 1.54) is 18.4 Å². The third-order valence-corrected chi connectivity index (χ3v) is 5.03. The molecule has 0 aliphatic heterocycles. The van der Waals surface area contributed by atoms with Gasteiger partial charge in [0.05, 0.1) is 5.54 Å². The third-order valence-electron chi connectivity index (χ3n) is 4.29. The van der Waals surface area contributed by atoms with Crippen molar-refractivity contribution < 1.29 is 4.79 Å². The van der Waals surface area contributed by atoms with Gasteiger partial charge >= 0.3 is 0 Å². The molecule has 1 heterocycles. The van der Waals surface area contributed by atoms with Gasteiger partial charge in [0, 0.05) is 6.42 Å². The average molecular weight is 265 g/mol. The first kappa shape index (κ1) is 13.8. The number of thiophene rings is 1. The Balaban J connectivity index is 2.16. The predicted molar refractivity (Wildman–Crippen MR) is 77.1 cm³/mol. The van der Waals surface area contributed by atoms with E-state index in [0.717, 1.165) is 12.8 Å². The van der Waals surface area contributed by atoms with E-state index in [0.29, 0.717) is 18.1 Å². The Kier molecular flexibility index (Phi) is 4.23. The fourth-order valence-corrected chi connectivity index (χ4v) is 3.84. The van der Waals surface area contributed by atoms with Crippen molar-refractivity contribution in [2.75, 3.05) is 14.1 Å². The molecule has 1 fully saturated rings. The summed E-state index contributed by atoms with van der Waals surface area (Å²) in [5, 5.41) is 4.14. The van der Waals surface area contributed by atoms with Gasteiger partial charge in [-0.1, -0.05) is 19.8 Å². The number of rotatable bonds is 4. The summed E-state index contributed by atoms with van der Waals surface area (Å²) >= 11 is 1.67. The first-order valence-corrected chi connectivity index (χ1v) is 7.71. The van der Waals surface area contributed by atoms with Crippen LogP contribution in [0.4, 0.5) is 0 Å². The Morgan fingerprint density at radius 1 is 1.56 bits per heavy atom. The lowest BCUT2D eigenvalue weighted by Crippen LogP contribution is -2.54. The number of likely N-dealkylation sites (N-methyl/N-ethyl adjacent to an activating group) is 1. The van der Waals surface area contributed by atoms with Gasteiger partial charge in [0.2, 0.25) is 0 Å². The molecule has 1 saturated carbocycles. The van der Waals surface area contributed by atoms with Crippen LogP contribution in [0.3, 0.4) is 0 Å². The first-order chi connectivity index (χ1) is 8.54. The van der Waals surface area contributed by atoms with Crippen LogP contribution in [0.25, 0.3) is 0 Å². The summed E-state index contributed by atoms with van der Waals surface area (Å²) in [7, 11) is 4.12. The monoisotopic (exact) mass is 265 g/mol. The molecule has 100 valence electrons. The molecular weight excluding hydrogens is 242 g/mol. The number of carbonyl (C=O) groups excluding carboxylic acids is 1. The van der Waals surface area contributed by atoms with Crippen molar-refractivity contribution in [3.63, 3.8) is 0 Å². The van der Waals surface area contributed by atoms with Crippen LogP contribution in [0.1, 0.15) is 38.2 Å². The predicted octanol–water partition coefficient (Wildman–Crippen LogP) is 3.37. The Morgan fingerprint density at radius 3 is 2.89 bits per heavy atom. The summed E-state index contributed by atoms with van der Waals surface area (Å²) < 4.78 is 0. The van der Waals surface area contributed by atoms with E-state index in [-0.39, 0.29) is 5.54 Å². The maximum atomic E-state index is 12.7. The van der Waals surface area contributed by atoms with Crippen LogP contribution in [-0.4, -0.2) is 30.3 Å². The molecule has 1 aromatic rings. The second-order valence-corrected chi connectivity index (χ2v) is 6.64. The lowest BCUT2D eigenvalue weighted by atomic mass is 9.72. The summed E-state index contributed by atoms with van der Waals surface area (Å²) in [6.07, 6.45) is 5.07. The maximum Gasteiger partial charge on any atom is 0.157 e. The Bertz CT molecular complexity index is 399. The van der Waals surface area contributed by atoms with Crippen LogP contribution in [-0.2, 0) is 11.2 Å². The molecule has 2 unspecified atom stereocenters. The summed E-state index contributed by atoms with van der Waals surface area (Å²) in [6, 6.07) is 2.07. The molecular formula is C15H23NOS. The van der Waals surface area contributed by atoms with Gasteiger partial charge in [-0.05, 0) is 55.2 Å². The Hall–Kier alpha value is -0.670. The topological polar surface area (TPSA) is 20.3 Å². The lowest BCUT2D eigenvalue weighted by molar-refractivity contribution is -0.132. The number of hydrogen-bond donors (Lipinski definition) is 0. The molecule has 1 aromatic heterocycles. The van der Waals surface area contributed by atoms with Crippen LogP contribution in [0.15, 0.2) is 16.8 Å². The summed E-state index contributed by atoms with van der Waals surface area (Å²) in [5.74, 6) is 1.06. The van der Waals surface area contributed by atoms with Crippen molar-refractivity contribution >= 4 is 17.1 Å². The van der Waals surface area contributed by atoms with E-state index in [4.69, 9.17) is 0 Å². The van der Waals surface area contributed by atoms with Crippen LogP contribution in [0.2, 0.25) is 0 Å². The largest absolute Gasteiger partial charge is 0.297 e. The van der Waals surface area contributed by atoms with Gasteiger partial charge in [-0.15, -0.1) is 0 Å². The van der Waals surface area contributed by atoms with Crippen LogP contribution < -0.4 is 0 Å². The molecule has 0 saturated heterocycles. The quantitative estimate of drug-likeness (QED) is 0.832. The number of carbonyl (C=O) groups is 1. The van der Waals surface area contributed by atoms with Gasteiger partial charge in [-0.2, -0.15) is 11.3 Å². The molecule has 0 radical (unpaired) electrons. The minimum Gasteiger partial charge on any atom is -0.297 e. The van der Waals surface area contributed by atoms with Gasteiger partial charge in [0.25, 0.3) is 0 Å². The van der Waals surface area contributed by atoms with E-state index in [1.807, 2.05) is 0 Å². The zero-order valence-electron chi connectivity index (χ0n) is 11.6. The average Bonchev–Trinajstić information content (AvgIpc) is 2.81. The second-order valence-electron chi connectivity index (χ2n) is 5.86. The van der Waals surface area contributed by atoms with E-state index in [1.54, 1.807) is 11.3 Å². The van der Waals surface area contributed by atoms with Gasteiger partial charge in [0.15, 0.2) is 5.78 Å². The highest BCUT2D eigenvalue weighted by Crippen LogP contribution is 2.37.